The smallest absolute Gasteiger partial charge is 0.261 e. The van der Waals surface area contributed by atoms with E-state index in [-0.39, 0.29) is 17.4 Å². The van der Waals surface area contributed by atoms with E-state index < -0.39 is 0 Å². The molecule has 4 rings (SSSR count). The first-order valence-electron chi connectivity index (χ1n) is 9.09. The molecule has 1 amide bonds. The quantitative estimate of drug-likeness (QED) is 0.779. The van der Waals surface area contributed by atoms with E-state index in [4.69, 9.17) is 4.98 Å². The number of carbonyl (C=O) groups is 1. The van der Waals surface area contributed by atoms with E-state index in [9.17, 15) is 9.59 Å². The van der Waals surface area contributed by atoms with Crippen LogP contribution in [0.2, 0.25) is 0 Å². The van der Waals surface area contributed by atoms with Crippen LogP contribution in [0.15, 0.2) is 65.6 Å². The highest BCUT2D eigenvalue weighted by molar-refractivity contribution is 5.83. The third-order valence-electron chi connectivity index (χ3n) is 5.14. The average molecular weight is 359 g/mol. The average Bonchev–Trinajstić information content (AvgIpc) is 2.66. The van der Waals surface area contributed by atoms with Gasteiger partial charge in [-0.25, -0.2) is 4.98 Å². The van der Waals surface area contributed by atoms with E-state index in [1.165, 1.54) is 0 Å². The number of hydrogen-bond acceptors (Lipinski definition) is 3. The molecule has 27 heavy (non-hydrogen) atoms. The fourth-order valence-corrected chi connectivity index (χ4v) is 3.65. The number of rotatable bonds is 3. The monoisotopic (exact) mass is 359 g/mol. The Labute approximate surface area is 157 Å². The second-order valence-electron chi connectivity index (χ2n) is 7.00. The Kier molecular flexibility index (Phi) is 4.36. The molecule has 5 nitrogen and oxygen atoms in total. The van der Waals surface area contributed by atoms with Crippen LogP contribution in [-0.2, 0) is 11.3 Å². The number of nitrogens with zero attached hydrogens (tertiary/aromatic N) is 2. The molecule has 136 valence electrons. The molecule has 2 heterocycles. The van der Waals surface area contributed by atoms with E-state index in [1.807, 2.05) is 55.5 Å². The molecule has 1 aliphatic heterocycles. The predicted molar refractivity (Wildman–Crippen MR) is 106 cm³/mol. The molecule has 1 atom stereocenters. The zero-order valence-electron chi connectivity index (χ0n) is 15.2. The van der Waals surface area contributed by atoms with Gasteiger partial charge in [-0.1, -0.05) is 49.0 Å². The summed E-state index contributed by atoms with van der Waals surface area (Å²) in [4.78, 5) is 29.8. The van der Waals surface area contributed by atoms with E-state index in [0.717, 1.165) is 11.1 Å². The molecule has 0 radical (unpaired) electrons. The number of amides is 1. The lowest BCUT2D eigenvalue weighted by molar-refractivity contribution is -0.121. The minimum Gasteiger partial charge on any atom is -0.330 e. The minimum absolute atomic E-state index is 0.00568. The highest BCUT2D eigenvalue weighted by Gasteiger charge is 2.24. The Hall–Kier alpha value is -3.21. The van der Waals surface area contributed by atoms with Crippen molar-refractivity contribution < 1.29 is 4.79 Å². The molecule has 3 aromatic rings. The summed E-state index contributed by atoms with van der Waals surface area (Å²) >= 11 is 0. The summed E-state index contributed by atoms with van der Waals surface area (Å²) in [5.41, 5.74) is 3.12. The number of allylic oxidation sites excluding steroid dienone is 1. The van der Waals surface area contributed by atoms with Gasteiger partial charge in [-0.3, -0.25) is 14.2 Å². The second-order valence-corrected chi connectivity index (χ2v) is 7.00. The minimum atomic E-state index is -0.0540. The van der Waals surface area contributed by atoms with Gasteiger partial charge in [0.2, 0.25) is 5.91 Å². The number of benzene rings is 2. The molecule has 1 aliphatic rings. The van der Waals surface area contributed by atoms with Gasteiger partial charge in [0.15, 0.2) is 0 Å². The Morgan fingerprint density at radius 3 is 2.67 bits per heavy atom. The Balaban J connectivity index is 1.90. The number of piperidine rings is 1. The van der Waals surface area contributed by atoms with Gasteiger partial charge < -0.3 is 5.32 Å². The standard InChI is InChI=1S/C22H21N3O2/c1-14-7-6-10-18-20(14)22(27)25(13-17-11-12-19(26)23-15(17)2)21(24-18)16-8-4-3-5-9-16/h3-10,17H,2,11-13H2,1H3,(H,23,26). The van der Waals surface area contributed by atoms with Crippen molar-refractivity contribution >= 4 is 16.8 Å². The lowest BCUT2D eigenvalue weighted by atomic mass is 9.95. The molecule has 1 fully saturated rings. The van der Waals surface area contributed by atoms with Crippen LogP contribution in [0.4, 0.5) is 0 Å². The van der Waals surface area contributed by atoms with Crippen LogP contribution in [0.3, 0.4) is 0 Å². The number of hydrogen-bond donors (Lipinski definition) is 1. The molecular formula is C22H21N3O2. The number of aromatic nitrogens is 2. The highest BCUT2D eigenvalue weighted by Crippen LogP contribution is 2.25. The maximum absolute atomic E-state index is 13.4. The lowest BCUT2D eigenvalue weighted by Gasteiger charge is -2.26. The summed E-state index contributed by atoms with van der Waals surface area (Å²) < 4.78 is 1.73. The molecule has 0 bridgehead atoms. The normalized spacial score (nSPS) is 17.1. The van der Waals surface area contributed by atoms with Crippen molar-refractivity contribution in [1.29, 1.82) is 0 Å². The molecular weight excluding hydrogens is 338 g/mol. The Bertz CT molecular complexity index is 1100. The molecule has 1 aromatic heterocycles. The largest absolute Gasteiger partial charge is 0.330 e. The third kappa shape index (κ3) is 3.16. The van der Waals surface area contributed by atoms with Crippen molar-refractivity contribution in [3.8, 4) is 11.4 Å². The van der Waals surface area contributed by atoms with Crippen LogP contribution in [0.5, 0.6) is 0 Å². The van der Waals surface area contributed by atoms with Crippen molar-refractivity contribution in [1.82, 2.24) is 14.9 Å². The van der Waals surface area contributed by atoms with Crippen LogP contribution in [-0.4, -0.2) is 15.5 Å². The second kappa shape index (κ2) is 6.83. The molecule has 1 N–H and O–H groups in total. The molecule has 0 spiro atoms. The van der Waals surface area contributed by atoms with Crippen molar-refractivity contribution in [2.45, 2.75) is 26.3 Å². The SMILES string of the molecule is C=C1NC(=O)CCC1Cn1c(-c2ccccc2)nc2cccc(C)c2c1=O. The van der Waals surface area contributed by atoms with Gasteiger partial charge in [-0.05, 0) is 25.0 Å². The highest BCUT2D eigenvalue weighted by atomic mass is 16.1. The van der Waals surface area contributed by atoms with Gasteiger partial charge in [0.1, 0.15) is 5.82 Å². The van der Waals surface area contributed by atoms with Crippen LogP contribution in [0, 0.1) is 12.8 Å². The predicted octanol–water partition coefficient (Wildman–Crippen LogP) is 3.41. The fraction of sp³-hybridized carbons (Fsp3) is 0.227. The van der Waals surface area contributed by atoms with Crippen LogP contribution >= 0.6 is 0 Å². The maximum atomic E-state index is 13.4. The van der Waals surface area contributed by atoms with Crippen molar-refractivity contribution in [3.05, 3.63) is 76.7 Å². The summed E-state index contributed by atoms with van der Waals surface area (Å²) in [6.45, 7) is 6.36. The number of carbonyl (C=O) groups excluding carboxylic acids is 1. The van der Waals surface area contributed by atoms with Gasteiger partial charge in [0.25, 0.3) is 5.56 Å². The summed E-state index contributed by atoms with van der Waals surface area (Å²) in [6, 6.07) is 15.4. The summed E-state index contributed by atoms with van der Waals surface area (Å²) in [5, 5.41) is 3.45. The fourth-order valence-electron chi connectivity index (χ4n) is 3.65. The van der Waals surface area contributed by atoms with E-state index >= 15 is 0 Å². The summed E-state index contributed by atoms with van der Waals surface area (Å²) in [6.07, 6.45) is 1.12. The van der Waals surface area contributed by atoms with Gasteiger partial charge in [0, 0.05) is 30.1 Å². The lowest BCUT2D eigenvalue weighted by Crippen LogP contribution is -2.36. The van der Waals surface area contributed by atoms with Gasteiger partial charge in [-0.15, -0.1) is 0 Å². The van der Waals surface area contributed by atoms with Crippen molar-refractivity contribution in [2.75, 3.05) is 0 Å². The molecule has 1 saturated heterocycles. The van der Waals surface area contributed by atoms with Crippen molar-refractivity contribution in [2.24, 2.45) is 5.92 Å². The summed E-state index contributed by atoms with van der Waals surface area (Å²) in [5.74, 6) is 0.633. The van der Waals surface area contributed by atoms with E-state index in [2.05, 4.69) is 11.9 Å². The molecule has 5 heteroatoms. The number of aryl methyl sites for hydroxylation is 1. The first kappa shape index (κ1) is 17.2. The number of nitrogens with one attached hydrogen (secondary N) is 1. The van der Waals surface area contributed by atoms with Crippen LogP contribution in [0.25, 0.3) is 22.3 Å². The first-order valence-corrected chi connectivity index (χ1v) is 9.09. The van der Waals surface area contributed by atoms with Crippen LogP contribution in [0.1, 0.15) is 18.4 Å². The molecule has 0 aliphatic carbocycles. The van der Waals surface area contributed by atoms with Crippen molar-refractivity contribution in [3.63, 3.8) is 0 Å². The zero-order valence-corrected chi connectivity index (χ0v) is 15.2. The molecule has 0 saturated carbocycles. The Morgan fingerprint density at radius 2 is 1.93 bits per heavy atom. The van der Waals surface area contributed by atoms with E-state index in [0.29, 0.717) is 41.8 Å². The zero-order chi connectivity index (χ0) is 19.0. The summed E-state index contributed by atoms with van der Waals surface area (Å²) in [7, 11) is 0. The topological polar surface area (TPSA) is 64.0 Å². The first-order chi connectivity index (χ1) is 13.0. The maximum Gasteiger partial charge on any atom is 0.261 e. The molecule has 1 unspecified atom stereocenters. The van der Waals surface area contributed by atoms with Crippen LogP contribution < -0.4 is 10.9 Å². The van der Waals surface area contributed by atoms with E-state index in [1.54, 1.807) is 4.57 Å². The Morgan fingerprint density at radius 1 is 1.15 bits per heavy atom. The van der Waals surface area contributed by atoms with Gasteiger partial charge in [0.05, 0.1) is 10.9 Å². The molecule has 2 aromatic carbocycles. The number of fused-ring (bicyclic) bond motifs is 1. The van der Waals surface area contributed by atoms with Gasteiger partial charge >= 0.3 is 0 Å². The van der Waals surface area contributed by atoms with Gasteiger partial charge in [-0.2, -0.15) is 0 Å². The third-order valence-corrected chi connectivity index (χ3v) is 5.14.